The number of aromatic nitrogens is 4. The van der Waals surface area contributed by atoms with Crippen LogP contribution >= 0.6 is 0 Å². The minimum absolute atomic E-state index is 0.274. The van der Waals surface area contributed by atoms with Crippen molar-refractivity contribution in [2.24, 2.45) is 19.8 Å². The summed E-state index contributed by atoms with van der Waals surface area (Å²) in [6.45, 7) is 0.573. The fraction of sp³-hybridized carbons (Fsp3) is 0.429. The molecular weight excluding hydrogens is 368 g/mol. The molecule has 1 aliphatic carbocycles. The van der Waals surface area contributed by atoms with Gasteiger partial charge in [0.1, 0.15) is 0 Å². The van der Waals surface area contributed by atoms with Gasteiger partial charge in [0.05, 0.1) is 11.0 Å². The van der Waals surface area contributed by atoms with E-state index in [2.05, 4.69) is 27.2 Å². The second-order valence-corrected chi connectivity index (χ2v) is 7.88. The summed E-state index contributed by atoms with van der Waals surface area (Å²) in [4.78, 5) is 27.0. The zero-order chi connectivity index (χ0) is 20.6. The predicted molar refractivity (Wildman–Crippen MR) is 113 cm³/mol. The Morgan fingerprint density at radius 1 is 1.03 bits per heavy atom. The van der Waals surface area contributed by atoms with Gasteiger partial charge in [-0.1, -0.05) is 36.8 Å². The second-order valence-electron chi connectivity index (χ2n) is 7.88. The zero-order valence-electron chi connectivity index (χ0n) is 16.8. The first-order valence-electron chi connectivity index (χ1n) is 9.95. The van der Waals surface area contributed by atoms with Crippen LogP contribution in [0.3, 0.4) is 0 Å². The largest absolute Gasteiger partial charge is 0.333 e. The van der Waals surface area contributed by atoms with E-state index >= 15 is 0 Å². The van der Waals surface area contributed by atoms with Crippen LogP contribution in [0.1, 0.15) is 37.7 Å². The molecule has 0 radical (unpaired) electrons. The molecule has 1 aliphatic rings. The van der Waals surface area contributed by atoms with E-state index in [1.807, 2.05) is 18.2 Å². The standard InChI is InChI=1S/C21H26N6O2/c1-25-18-16(19(28)26(2)20(25)29)13-17(23-24-18)27(14-15-9-5-3-6-10-15)21(22)11-7-4-8-12-21/h3,5-6,9-10,13H,4,7-8,11-12,14,22H2,1-2H3. The topological polar surface area (TPSA) is 99.0 Å². The molecule has 2 heterocycles. The summed E-state index contributed by atoms with van der Waals surface area (Å²) in [5.74, 6) is 0.557. The number of fused-ring (bicyclic) bond motifs is 1. The molecule has 3 aromatic rings. The molecule has 0 atom stereocenters. The molecule has 152 valence electrons. The van der Waals surface area contributed by atoms with E-state index in [9.17, 15) is 9.59 Å². The molecule has 1 aromatic carbocycles. The quantitative estimate of drug-likeness (QED) is 0.676. The minimum Gasteiger partial charge on any atom is -0.333 e. The summed E-state index contributed by atoms with van der Waals surface area (Å²) < 4.78 is 2.43. The maximum Gasteiger partial charge on any atom is 0.332 e. The number of aryl methyl sites for hydroxylation is 1. The van der Waals surface area contributed by atoms with Crippen LogP contribution in [0.15, 0.2) is 46.0 Å². The fourth-order valence-electron chi connectivity index (χ4n) is 4.16. The van der Waals surface area contributed by atoms with E-state index < -0.39 is 11.4 Å². The van der Waals surface area contributed by atoms with Gasteiger partial charge in [-0.3, -0.25) is 13.9 Å². The lowest BCUT2D eigenvalue weighted by molar-refractivity contribution is 0.278. The van der Waals surface area contributed by atoms with E-state index in [1.165, 1.54) is 18.0 Å². The Balaban J connectivity index is 1.87. The van der Waals surface area contributed by atoms with Crippen LogP contribution in [0, 0.1) is 0 Å². The highest BCUT2D eigenvalue weighted by atomic mass is 16.2. The molecule has 4 rings (SSSR count). The first-order valence-corrected chi connectivity index (χ1v) is 9.95. The van der Waals surface area contributed by atoms with E-state index in [4.69, 9.17) is 5.73 Å². The monoisotopic (exact) mass is 394 g/mol. The number of rotatable bonds is 4. The van der Waals surface area contributed by atoms with Crippen LogP contribution < -0.4 is 21.9 Å². The highest BCUT2D eigenvalue weighted by Crippen LogP contribution is 2.33. The summed E-state index contributed by atoms with van der Waals surface area (Å²) in [6.07, 6.45) is 4.98. The van der Waals surface area contributed by atoms with E-state index in [0.29, 0.717) is 17.7 Å². The van der Waals surface area contributed by atoms with Crippen molar-refractivity contribution in [1.82, 2.24) is 19.3 Å². The van der Waals surface area contributed by atoms with E-state index in [1.54, 1.807) is 13.1 Å². The van der Waals surface area contributed by atoms with Crippen molar-refractivity contribution in [2.45, 2.75) is 44.3 Å². The van der Waals surface area contributed by atoms with Crippen molar-refractivity contribution in [1.29, 1.82) is 0 Å². The van der Waals surface area contributed by atoms with Crippen LogP contribution in [-0.2, 0) is 20.6 Å². The average molecular weight is 394 g/mol. The third-order valence-electron chi connectivity index (χ3n) is 5.91. The zero-order valence-corrected chi connectivity index (χ0v) is 16.8. The normalized spacial score (nSPS) is 16.1. The first-order chi connectivity index (χ1) is 13.9. The van der Waals surface area contributed by atoms with Gasteiger partial charge in [0.25, 0.3) is 5.56 Å². The SMILES string of the molecule is Cn1c(=O)c2cc(N(Cc3ccccc3)C3(N)CCCCC3)nnc2n(C)c1=O. The molecular formula is C21H26N6O2. The van der Waals surface area contributed by atoms with Crippen molar-refractivity contribution < 1.29 is 0 Å². The Hall–Kier alpha value is -3.00. The molecule has 0 bridgehead atoms. The average Bonchev–Trinajstić information content (AvgIpc) is 2.75. The molecule has 0 saturated heterocycles. The first kappa shape index (κ1) is 19.3. The number of anilines is 1. The molecule has 2 aromatic heterocycles. The predicted octanol–water partition coefficient (Wildman–Crippen LogP) is 1.65. The number of hydrogen-bond donors (Lipinski definition) is 1. The van der Waals surface area contributed by atoms with Gasteiger partial charge in [0.2, 0.25) is 0 Å². The van der Waals surface area contributed by atoms with Crippen LogP contribution in [0.5, 0.6) is 0 Å². The maximum absolute atomic E-state index is 12.7. The molecule has 1 saturated carbocycles. The Kier molecular flexibility index (Phi) is 4.96. The molecule has 0 aliphatic heterocycles. The number of nitrogens with zero attached hydrogens (tertiary/aromatic N) is 5. The van der Waals surface area contributed by atoms with Gasteiger partial charge in [0.15, 0.2) is 11.5 Å². The van der Waals surface area contributed by atoms with Gasteiger partial charge in [-0.25, -0.2) is 4.79 Å². The van der Waals surface area contributed by atoms with Gasteiger partial charge in [0, 0.05) is 20.6 Å². The smallest absolute Gasteiger partial charge is 0.332 e. The van der Waals surface area contributed by atoms with Gasteiger partial charge >= 0.3 is 5.69 Å². The third kappa shape index (κ3) is 3.44. The number of benzene rings is 1. The fourth-order valence-corrected chi connectivity index (χ4v) is 4.16. The Morgan fingerprint density at radius 3 is 2.41 bits per heavy atom. The molecule has 1 fully saturated rings. The van der Waals surface area contributed by atoms with E-state index in [-0.39, 0.29) is 11.2 Å². The van der Waals surface area contributed by atoms with Crippen molar-refractivity contribution in [2.75, 3.05) is 4.90 Å². The molecule has 8 nitrogen and oxygen atoms in total. The molecule has 0 amide bonds. The molecule has 0 spiro atoms. The Bertz CT molecular complexity index is 1150. The van der Waals surface area contributed by atoms with Crippen molar-refractivity contribution >= 4 is 16.9 Å². The number of nitrogens with two attached hydrogens (primary N) is 1. The van der Waals surface area contributed by atoms with Crippen LogP contribution in [0.4, 0.5) is 5.82 Å². The van der Waals surface area contributed by atoms with Crippen molar-refractivity contribution in [3.8, 4) is 0 Å². The van der Waals surface area contributed by atoms with Gasteiger partial charge in [-0.15, -0.1) is 10.2 Å². The third-order valence-corrected chi connectivity index (χ3v) is 5.91. The Labute approximate surface area is 168 Å². The molecule has 2 N–H and O–H groups in total. The highest BCUT2D eigenvalue weighted by Gasteiger charge is 2.35. The Morgan fingerprint density at radius 2 is 1.72 bits per heavy atom. The van der Waals surface area contributed by atoms with E-state index in [0.717, 1.165) is 35.8 Å². The molecule has 0 unspecified atom stereocenters. The van der Waals surface area contributed by atoms with Crippen LogP contribution in [-0.4, -0.2) is 25.0 Å². The van der Waals surface area contributed by atoms with Crippen LogP contribution in [0.2, 0.25) is 0 Å². The highest BCUT2D eigenvalue weighted by molar-refractivity contribution is 5.76. The van der Waals surface area contributed by atoms with Crippen molar-refractivity contribution in [3.63, 3.8) is 0 Å². The summed E-state index contributed by atoms with van der Waals surface area (Å²) in [5.41, 5.74) is 6.90. The lowest BCUT2D eigenvalue weighted by Gasteiger charge is -2.44. The van der Waals surface area contributed by atoms with Gasteiger partial charge < -0.3 is 10.6 Å². The van der Waals surface area contributed by atoms with Crippen molar-refractivity contribution in [3.05, 3.63) is 62.8 Å². The summed E-state index contributed by atoms with van der Waals surface area (Å²) in [6, 6.07) is 11.8. The lowest BCUT2D eigenvalue weighted by atomic mass is 9.88. The van der Waals surface area contributed by atoms with Gasteiger partial charge in [-0.05, 0) is 37.3 Å². The maximum atomic E-state index is 12.7. The summed E-state index contributed by atoms with van der Waals surface area (Å²) in [7, 11) is 3.06. The molecule has 8 heteroatoms. The summed E-state index contributed by atoms with van der Waals surface area (Å²) in [5, 5.41) is 8.98. The summed E-state index contributed by atoms with van der Waals surface area (Å²) >= 11 is 0. The lowest BCUT2D eigenvalue weighted by Crippen LogP contribution is -2.57. The second kappa shape index (κ2) is 7.44. The molecule has 29 heavy (non-hydrogen) atoms. The van der Waals surface area contributed by atoms with Gasteiger partial charge in [-0.2, -0.15) is 0 Å². The minimum atomic E-state index is -0.553. The number of hydrogen-bond acceptors (Lipinski definition) is 6. The van der Waals surface area contributed by atoms with Crippen LogP contribution in [0.25, 0.3) is 11.0 Å².